The normalized spacial score (nSPS) is 10.7. The van der Waals surface area contributed by atoms with Gasteiger partial charge in [-0.1, -0.05) is 18.2 Å². The maximum Gasteiger partial charge on any atom is 0.127 e. The van der Waals surface area contributed by atoms with E-state index in [9.17, 15) is 0 Å². The smallest absolute Gasteiger partial charge is 0.127 e. The van der Waals surface area contributed by atoms with Crippen LogP contribution in [0.5, 0.6) is 0 Å². The van der Waals surface area contributed by atoms with Crippen molar-refractivity contribution in [3.8, 4) is 0 Å². The van der Waals surface area contributed by atoms with Crippen LogP contribution in [0.25, 0.3) is 10.9 Å². The van der Waals surface area contributed by atoms with Crippen LogP contribution in [0.15, 0.2) is 53.0 Å². The lowest BCUT2D eigenvalue weighted by Crippen LogP contribution is -2.03. The Kier molecular flexibility index (Phi) is 3.65. The van der Waals surface area contributed by atoms with E-state index in [2.05, 4.69) is 43.3 Å². The summed E-state index contributed by atoms with van der Waals surface area (Å²) in [7, 11) is 0. The third-order valence-electron chi connectivity index (χ3n) is 3.07. The number of aromatic nitrogens is 2. The second-order valence-corrected chi connectivity index (χ2v) is 5.49. The molecule has 20 heavy (non-hydrogen) atoms. The van der Waals surface area contributed by atoms with Crippen molar-refractivity contribution in [2.45, 2.75) is 13.5 Å². The Balaban J connectivity index is 1.83. The minimum atomic E-state index is 0.671. The number of benzene rings is 1. The predicted octanol–water partition coefficient (Wildman–Crippen LogP) is 4.31. The lowest BCUT2D eigenvalue weighted by molar-refractivity contribution is 1.01. The Morgan fingerprint density at radius 1 is 1.00 bits per heavy atom. The first kappa shape index (κ1) is 13.1. The predicted molar refractivity (Wildman–Crippen MR) is 85.7 cm³/mol. The SMILES string of the molecule is Cc1cccc(CNc2ccc3cccc(Br)c3n2)n1. The van der Waals surface area contributed by atoms with Crippen molar-refractivity contribution in [3.63, 3.8) is 0 Å². The largest absolute Gasteiger partial charge is 0.364 e. The molecule has 0 amide bonds. The van der Waals surface area contributed by atoms with E-state index in [1.54, 1.807) is 0 Å². The molecule has 0 aliphatic carbocycles. The van der Waals surface area contributed by atoms with Gasteiger partial charge in [0.1, 0.15) is 5.82 Å². The van der Waals surface area contributed by atoms with Crippen LogP contribution in [0, 0.1) is 6.92 Å². The van der Waals surface area contributed by atoms with Crippen molar-refractivity contribution in [1.29, 1.82) is 0 Å². The van der Waals surface area contributed by atoms with Crippen molar-refractivity contribution in [2.24, 2.45) is 0 Å². The highest BCUT2D eigenvalue weighted by Crippen LogP contribution is 2.23. The summed E-state index contributed by atoms with van der Waals surface area (Å²) in [6.45, 7) is 2.67. The van der Waals surface area contributed by atoms with Crippen LogP contribution in [0.3, 0.4) is 0 Å². The summed E-state index contributed by atoms with van der Waals surface area (Å²) in [4.78, 5) is 9.10. The number of pyridine rings is 2. The summed E-state index contributed by atoms with van der Waals surface area (Å²) in [5.74, 6) is 0.854. The number of aryl methyl sites for hydroxylation is 1. The van der Waals surface area contributed by atoms with Crippen LogP contribution in [0.4, 0.5) is 5.82 Å². The number of para-hydroxylation sites is 1. The molecule has 3 nitrogen and oxygen atoms in total. The summed E-state index contributed by atoms with van der Waals surface area (Å²) < 4.78 is 1.01. The zero-order valence-corrected chi connectivity index (χ0v) is 12.7. The Morgan fingerprint density at radius 3 is 2.70 bits per heavy atom. The highest BCUT2D eigenvalue weighted by Gasteiger charge is 2.02. The maximum absolute atomic E-state index is 4.63. The van der Waals surface area contributed by atoms with Gasteiger partial charge in [0.2, 0.25) is 0 Å². The number of halogens is 1. The average molecular weight is 328 g/mol. The summed E-state index contributed by atoms with van der Waals surface area (Å²) in [5.41, 5.74) is 3.01. The number of hydrogen-bond donors (Lipinski definition) is 1. The fourth-order valence-corrected chi connectivity index (χ4v) is 2.56. The van der Waals surface area contributed by atoms with Gasteiger partial charge in [0.15, 0.2) is 0 Å². The lowest BCUT2D eigenvalue weighted by Gasteiger charge is -2.07. The van der Waals surface area contributed by atoms with Gasteiger partial charge in [0.25, 0.3) is 0 Å². The average Bonchev–Trinajstić information content (AvgIpc) is 2.46. The van der Waals surface area contributed by atoms with Gasteiger partial charge < -0.3 is 5.32 Å². The zero-order chi connectivity index (χ0) is 13.9. The van der Waals surface area contributed by atoms with E-state index in [1.165, 1.54) is 0 Å². The van der Waals surface area contributed by atoms with Gasteiger partial charge in [-0.3, -0.25) is 4.98 Å². The molecule has 0 spiro atoms. The first-order valence-electron chi connectivity index (χ1n) is 6.44. The molecule has 100 valence electrons. The molecule has 0 aliphatic rings. The molecule has 2 heterocycles. The van der Waals surface area contributed by atoms with E-state index >= 15 is 0 Å². The Labute approximate surface area is 126 Å². The quantitative estimate of drug-likeness (QED) is 0.778. The highest BCUT2D eigenvalue weighted by atomic mass is 79.9. The number of hydrogen-bond acceptors (Lipinski definition) is 3. The Bertz CT molecular complexity index is 756. The number of anilines is 1. The molecule has 1 N–H and O–H groups in total. The summed E-state index contributed by atoms with van der Waals surface area (Å²) >= 11 is 3.53. The molecule has 3 rings (SSSR count). The summed E-state index contributed by atoms with van der Waals surface area (Å²) in [5, 5.41) is 4.44. The van der Waals surface area contributed by atoms with Gasteiger partial charge in [-0.25, -0.2) is 4.98 Å². The highest BCUT2D eigenvalue weighted by molar-refractivity contribution is 9.10. The monoisotopic (exact) mass is 327 g/mol. The van der Waals surface area contributed by atoms with Crippen LogP contribution in [0.2, 0.25) is 0 Å². The van der Waals surface area contributed by atoms with Gasteiger partial charge in [-0.15, -0.1) is 0 Å². The molecular formula is C16H14BrN3. The number of nitrogens with zero attached hydrogens (tertiary/aromatic N) is 2. The minimum Gasteiger partial charge on any atom is -0.364 e. The number of rotatable bonds is 3. The van der Waals surface area contributed by atoms with Crippen molar-refractivity contribution in [3.05, 3.63) is 64.4 Å². The fraction of sp³-hybridized carbons (Fsp3) is 0.125. The molecule has 3 aromatic rings. The van der Waals surface area contributed by atoms with Crippen LogP contribution >= 0.6 is 15.9 Å². The van der Waals surface area contributed by atoms with E-state index in [0.29, 0.717) is 6.54 Å². The standard InChI is InChI=1S/C16H14BrN3/c1-11-4-2-6-13(19-11)10-18-15-9-8-12-5-3-7-14(17)16(12)20-15/h2-9H,10H2,1H3,(H,18,20). The summed E-state index contributed by atoms with van der Waals surface area (Å²) in [6, 6.07) is 16.2. The maximum atomic E-state index is 4.63. The Morgan fingerprint density at radius 2 is 1.85 bits per heavy atom. The Hall–Kier alpha value is -1.94. The number of nitrogens with one attached hydrogen (secondary N) is 1. The van der Waals surface area contributed by atoms with E-state index in [1.807, 2.05) is 43.3 Å². The molecule has 1 aromatic carbocycles. The molecule has 0 fully saturated rings. The second kappa shape index (κ2) is 5.59. The molecule has 2 aromatic heterocycles. The van der Waals surface area contributed by atoms with Gasteiger partial charge in [0.05, 0.1) is 17.8 Å². The van der Waals surface area contributed by atoms with Crippen molar-refractivity contribution in [1.82, 2.24) is 9.97 Å². The summed E-state index contributed by atoms with van der Waals surface area (Å²) in [6.07, 6.45) is 0. The molecule has 0 unspecified atom stereocenters. The van der Waals surface area contributed by atoms with Crippen molar-refractivity contribution < 1.29 is 0 Å². The molecular weight excluding hydrogens is 314 g/mol. The zero-order valence-electron chi connectivity index (χ0n) is 11.1. The first-order chi connectivity index (χ1) is 9.72. The van der Waals surface area contributed by atoms with Crippen LogP contribution < -0.4 is 5.32 Å². The van der Waals surface area contributed by atoms with Crippen molar-refractivity contribution in [2.75, 3.05) is 5.32 Å². The van der Waals surface area contributed by atoms with Gasteiger partial charge >= 0.3 is 0 Å². The lowest BCUT2D eigenvalue weighted by atomic mass is 10.2. The molecule has 0 bridgehead atoms. The van der Waals surface area contributed by atoms with E-state index in [4.69, 9.17) is 0 Å². The minimum absolute atomic E-state index is 0.671. The van der Waals surface area contributed by atoms with Crippen LogP contribution in [-0.2, 0) is 6.54 Å². The van der Waals surface area contributed by atoms with Gasteiger partial charge in [-0.05, 0) is 53.2 Å². The van der Waals surface area contributed by atoms with E-state index < -0.39 is 0 Å². The molecule has 0 aliphatic heterocycles. The third-order valence-corrected chi connectivity index (χ3v) is 3.71. The van der Waals surface area contributed by atoms with Gasteiger partial charge in [-0.2, -0.15) is 0 Å². The fourth-order valence-electron chi connectivity index (χ4n) is 2.09. The second-order valence-electron chi connectivity index (χ2n) is 4.63. The molecule has 0 atom stereocenters. The van der Waals surface area contributed by atoms with Crippen LogP contribution in [-0.4, -0.2) is 9.97 Å². The third kappa shape index (κ3) is 2.80. The topological polar surface area (TPSA) is 37.8 Å². The van der Waals surface area contributed by atoms with Crippen LogP contribution in [0.1, 0.15) is 11.4 Å². The molecule has 4 heteroatoms. The van der Waals surface area contributed by atoms with Crippen molar-refractivity contribution >= 4 is 32.7 Å². The first-order valence-corrected chi connectivity index (χ1v) is 7.23. The van der Waals surface area contributed by atoms with Gasteiger partial charge in [0, 0.05) is 15.6 Å². The van der Waals surface area contributed by atoms with E-state index in [-0.39, 0.29) is 0 Å². The number of fused-ring (bicyclic) bond motifs is 1. The van der Waals surface area contributed by atoms with E-state index in [0.717, 1.165) is 32.6 Å². The molecule has 0 saturated carbocycles. The molecule has 0 saturated heterocycles. The molecule has 0 radical (unpaired) electrons.